The van der Waals surface area contributed by atoms with Gasteiger partial charge in [-0.2, -0.15) is 5.26 Å². The number of hydrogen-bond acceptors (Lipinski definition) is 4. The Morgan fingerprint density at radius 1 is 1.38 bits per heavy atom. The molecular formula is C17H18N4O3. The lowest BCUT2D eigenvalue weighted by atomic mass is 9.76. The molecule has 124 valence electrons. The number of aryl methyl sites for hydroxylation is 1. The fourth-order valence-corrected chi connectivity index (χ4v) is 3.41. The van der Waals surface area contributed by atoms with Crippen LogP contribution in [0.2, 0.25) is 0 Å². The third kappa shape index (κ3) is 2.60. The molecule has 1 saturated heterocycles. The van der Waals surface area contributed by atoms with Gasteiger partial charge in [-0.15, -0.1) is 0 Å². The van der Waals surface area contributed by atoms with E-state index in [0.29, 0.717) is 6.42 Å². The highest BCUT2D eigenvalue weighted by atomic mass is 16.2. The van der Waals surface area contributed by atoms with E-state index in [1.807, 2.05) is 30.3 Å². The number of urea groups is 1. The first-order valence-corrected chi connectivity index (χ1v) is 7.94. The van der Waals surface area contributed by atoms with Gasteiger partial charge in [0, 0.05) is 6.54 Å². The van der Waals surface area contributed by atoms with Crippen molar-refractivity contribution in [3.8, 4) is 6.07 Å². The largest absolute Gasteiger partial charge is 0.354 e. The van der Waals surface area contributed by atoms with Gasteiger partial charge in [-0.25, -0.2) is 4.79 Å². The molecule has 2 N–H and O–H groups in total. The minimum absolute atomic E-state index is 0.184. The lowest BCUT2D eigenvalue weighted by Gasteiger charge is -2.33. The van der Waals surface area contributed by atoms with Gasteiger partial charge >= 0.3 is 6.03 Å². The molecule has 1 aliphatic heterocycles. The first kappa shape index (κ1) is 16.0. The van der Waals surface area contributed by atoms with E-state index in [2.05, 4.69) is 10.6 Å². The molecular weight excluding hydrogens is 308 g/mol. The zero-order valence-corrected chi connectivity index (χ0v) is 13.2. The van der Waals surface area contributed by atoms with Crippen LogP contribution >= 0.6 is 0 Å². The zero-order chi connectivity index (χ0) is 17.2. The molecule has 4 amide bonds. The van der Waals surface area contributed by atoms with E-state index in [1.165, 1.54) is 0 Å². The minimum Gasteiger partial charge on any atom is -0.354 e. The Bertz CT molecular complexity index is 740. The molecule has 24 heavy (non-hydrogen) atoms. The number of fused-ring (bicyclic) bond motifs is 2. The second-order valence-electron chi connectivity index (χ2n) is 6.00. The van der Waals surface area contributed by atoms with Crippen molar-refractivity contribution < 1.29 is 14.4 Å². The number of nitrogens with one attached hydrogen (secondary N) is 2. The summed E-state index contributed by atoms with van der Waals surface area (Å²) in [6.45, 7) is -0.132. The van der Waals surface area contributed by atoms with Crippen LogP contribution in [0, 0.1) is 11.3 Å². The highest BCUT2D eigenvalue weighted by Gasteiger charge is 2.54. The molecule has 0 radical (unpaired) electrons. The van der Waals surface area contributed by atoms with E-state index in [4.69, 9.17) is 5.26 Å². The molecule has 1 spiro atoms. The van der Waals surface area contributed by atoms with Crippen molar-refractivity contribution in [3.05, 3.63) is 35.4 Å². The van der Waals surface area contributed by atoms with Crippen molar-refractivity contribution in [1.29, 1.82) is 5.26 Å². The third-order valence-corrected chi connectivity index (χ3v) is 4.51. The molecule has 1 atom stereocenters. The van der Waals surface area contributed by atoms with E-state index >= 15 is 0 Å². The Balaban J connectivity index is 1.80. The van der Waals surface area contributed by atoms with Crippen LogP contribution < -0.4 is 10.6 Å². The van der Waals surface area contributed by atoms with E-state index in [-0.39, 0.29) is 25.4 Å². The van der Waals surface area contributed by atoms with Crippen molar-refractivity contribution >= 4 is 17.8 Å². The summed E-state index contributed by atoms with van der Waals surface area (Å²) >= 11 is 0. The highest BCUT2D eigenvalue weighted by Crippen LogP contribution is 2.39. The molecule has 1 heterocycles. The molecule has 0 aromatic heterocycles. The minimum atomic E-state index is -1.06. The van der Waals surface area contributed by atoms with Gasteiger partial charge in [0.25, 0.3) is 5.91 Å². The second kappa shape index (κ2) is 6.32. The molecule has 1 aromatic rings. The van der Waals surface area contributed by atoms with Gasteiger partial charge in [-0.05, 0) is 30.4 Å². The summed E-state index contributed by atoms with van der Waals surface area (Å²) in [4.78, 5) is 38.1. The topological polar surface area (TPSA) is 102 Å². The number of carbonyl (C=O) groups is 3. The predicted octanol–water partition coefficient (Wildman–Crippen LogP) is 0.800. The molecule has 2 aliphatic rings. The maximum atomic E-state index is 12.9. The summed E-state index contributed by atoms with van der Waals surface area (Å²) in [5.74, 6) is -0.829. The molecule has 1 fully saturated rings. The fourth-order valence-electron chi connectivity index (χ4n) is 3.41. The average molecular weight is 326 g/mol. The quantitative estimate of drug-likeness (QED) is 0.631. The number of benzene rings is 1. The van der Waals surface area contributed by atoms with Crippen molar-refractivity contribution in [1.82, 2.24) is 15.5 Å². The van der Waals surface area contributed by atoms with Gasteiger partial charge in [-0.1, -0.05) is 24.3 Å². The summed E-state index contributed by atoms with van der Waals surface area (Å²) in [5.41, 5.74) is 0.818. The van der Waals surface area contributed by atoms with Crippen LogP contribution in [0.1, 0.15) is 30.4 Å². The molecule has 0 unspecified atom stereocenters. The van der Waals surface area contributed by atoms with E-state index in [0.717, 1.165) is 28.9 Å². The van der Waals surface area contributed by atoms with Gasteiger partial charge < -0.3 is 10.6 Å². The number of hydrogen-bond donors (Lipinski definition) is 2. The van der Waals surface area contributed by atoms with Crippen LogP contribution in [0.25, 0.3) is 0 Å². The lowest BCUT2D eigenvalue weighted by molar-refractivity contribution is -0.135. The number of imide groups is 1. The van der Waals surface area contributed by atoms with Crippen molar-refractivity contribution in [2.45, 2.75) is 31.2 Å². The summed E-state index contributed by atoms with van der Waals surface area (Å²) in [6, 6.07) is 8.96. The predicted molar refractivity (Wildman–Crippen MR) is 84.5 cm³/mol. The first-order valence-electron chi connectivity index (χ1n) is 7.94. The van der Waals surface area contributed by atoms with Crippen LogP contribution in [-0.4, -0.2) is 35.8 Å². The van der Waals surface area contributed by atoms with Gasteiger partial charge in [0.05, 0.1) is 12.5 Å². The molecule has 7 heteroatoms. The van der Waals surface area contributed by atoms with Gasteiger partial charge in [0.2, 0.25) is 5.91 Å². The Morgan fingerprint density at radius 3 is 2.96 bits per heavy atom. The van der Waals surface area contributed by atoms with Crippen molar-refractivity contribution in [2.24, 2.45) is 0 Å². The maximum absolute atomic E-state index is 12.9. The third-order valence-electron chi connectivity index (χ3n) is 4.51. The summed E-state index contributed by atoms with van der Waals surface area (Å²) < 4.78 is 0. The molecule has 1 aliphatic carbocycles. The van der Waals surface area contributed by atoms with Crippen LogP contribution in [-0.2, 0) is 21.5 Å². The SMILES string of the molecule is N#CCCNC(=O)CN1C(=O)N[C@@]2(CCCc3ccccc32)C1=O. The van der Waals surface area contributed by atoms with Crippen molar-refractivity contribution in [2.75, 3.05) is 13.1 Å². The number of nitriles is 1. The van der Waals surface area contributed by atoms with Crippen molar-refractivity contribution in [3.63, 3.8) is 0 Å². The Labute approximate surface area is 139 Å². The number of amides is 4. The summed E-state index contributed by atoms with van der Waals surface area (Å²) in [5, 5.41) is 13.8. The highest BCUT2D eigenvalue weighted by molar-refractivity contribution is 6.09. The first-order chi connectivity index (χ1) is 11.6. The molecule has 0 bridgehead atoms. The van der Waals surface area contributed by atoms with Crippen LogP contribution in [0.15, 0.2) is 24.3 Å². The van der Waals surface area contributed by atoms with Crippen LogP contribution in [0.4, 0.5) is 4.79 Å². The fraction of sp³-hybridized carbons (Fsp3) is 0.412. The monoisotopic (exact) mass is 326 g/mol. The Hall–Kier alpha value is -2.88. The van der Waals surface area contributed by atoms with Gasteiger partial charge in [-0.3, -0.25) is 14.5 Å². The average Bonchev–Trinajstić information content (AvgIpc) is 2.81. The number of rotatable bonds is 4. The van der Waals surface area contributed by atoms with Gasteiger partial charge in [0.15, 0.2) is 0 Å². The second-order valence-corrected chi connectivity index (χ2v) is 6.00. The Kier molecular flexibility index (Phi) is 4.21. The standard InChI is InChI=1S/C17H18N4O3/c18-9-4-10-19-14(22)11-21-15(23)17(20-16(21)24)8-3-6-12-5-1-2-7-13(12)17/h1-2,5,7H,3-4,6,8,10-11H2,(H,19,22)(H,20,24)/t17-/m1/s1. The zero-order valence-electron chi connectivity index (χ0n) is 13.2. The van der Waals surface area contributed by atoms with Gasteiger partial charge in [0.1, 0.15) is 12.1 Å². The van der Waals surface area contributed by atoms with E-state index in [9.17, 15) is 14.4 Å². The number of nitrogens with zero attached hydrogens (tertiary/aromatic N) is 2. The molecule has 7 nitrogen and oxygen atoms in total. The van der Waals surface area contributed by atoms with E-state index < -0.39 is 17.5 Å². The summed E-state index contributed by atoms with van der Waals surface area (Å²) in [6.07, 6.45) is 2.38. The number of carbonyl (C=O) groups excluding carboxylic acids is 3. The molecule has 0 saturated carbocycles. The summed E-state index contributed by atoms with van der Waals surface area (Å²) in [7, 11) is 0. The normalized spacial score (nSPS) is 22.0. The lowest BCUT2D eigenvalue weighted by Crippen LogP contribution is -2.47. The van der Waals surface area contributed by atoms with E-state index in [1.54, 1.807) is 0 Å². The Morgan fingerprint density at radius 2 is 2.17 bits per heavy atom. The molecule has 1 aromatic carbocycles. The maximum Gasteiger partial charge on any atom is 0.325 e. The molecule has 3 rings (SSSR count). The van der Waals surface area contributed by atoms with Crippen LogP contribution in [0.5, 0.6) is 0 Å². The smallest absolute Gasteiger partial charge is 0.325 e. The van der Waals surface area contributed by atoms with Crippen LogP contribution in [0.3, 0.4) is 0 Å².